The van der Waals surface area contributed by atoms with Crippen molar-refractivity contribution in [2.24, 2.45) is 0 Å². The summed E-state index contributed by atoms with van der Waals surface area (Å²) in [6, 6.07) is 0.540. The molecule has 0 aromatic carbocycles. The molecule has 2 fully saturated rings. The Morgan fingerprint density at radius 3 is 3.00 bits per heavy atom. The number of carboxylic acid groups (broad SMARTS) is 1. The van der Waals surface area contributed by atoms with E-state index in [-0.39, 0.29) is 12.5 Å². The normalized spacial score (nSPS) is 32.0. The predicted molar refractivity (Wildman–Crippen MR) is 62.0 cm³/mol. The zero-order chi connectivity index (χ0) is 12.1. The van der Waals surface area contributed by atoms with Crippen molar-refractivity contribution >= 4 is 5.97 Å². The van der Waals surface area contributed by atoms with Gasteiger partial charge in [-0.05, 0) is 19.3 Å². The van der Waals surface area contributed by atoms with Gasteiger partial charge in [0.1, 0.15) is 0 Å². The van der Waals surface area contributed by atoms with Crippen molar-refractivity contribution in [3.63, 3.8) is 0 Å². The Balaban J connectivity index is 1.84. The molecule has 0 radical (unpaired) electrons. The van der Waals surface area contributed by atoms with Crippen LogP contribution >= 0.6 is 0 Å². The van der Waals surface area contributed by atoms with Crippen molar-refractivity contribution < 1.29 is 19.4 Å². The van der Waals surface area contributed by atoms with Crippen LogP contribution in [0.1, 0.15) is 25.7 Å². The van der Waals surface area contributed by atoms with Crippen LogP contribution in [0.3, 0.4) is 0 Å². The van der Waals surface area contributed by atoms with Gasteiger partial charge in [0, 0.05) is 32.3 Å². The van der Waals surface area contributed by atoms with Crippen LogP contribution in [0.5, 0.6) is 0 Å². The highest BCUT2D eigenvalue weighted by Crippen LogP contribution is 2.19. The summed E-state index contributed by atoms with van der Waals surface area (Å²) in [6.45, 7) is 4.00. The fourth-order valence-electron chi connectivity index (χ4n) is 2.64. The van der Waals surface area contributed by atoms with E-state index in [0.717, 1.165) is 45.6 Å². The van der Waals surface area contributed by atoms with Crippen LogP contribution in [0, 0.1) is 0 Å². The number of carboxylic acids is 1. The van der Waals surface area contributed by atoms with Gasteiger partial charge in [-0.15, -0.1) is 0 Å². The lowest BCUT2D eigenvalue weighted by atomic mass is 10.1. The van der Waals surface area contributed by atoms with Gasteiger partial charge in [0.2, 0.25) is 0 Å². The Morgan fingerprint density at radius 2 is 2.18 bits per heavy atom. The summed E-state index contributed by atoms with van der Waals surface area (Å²) in [4.78, 5) is 13.1. The first-order chi connectivity index (χ1) is 8.25. The van der Waals surface area contributed by atoms with Crippen LogP contribution in [0.4, 0.5) is 0 Å². The van der Waals surface area contributed by atoms with E-state index in [1.165, 1.54) is 0 Å². The third kappa shape index (κ3) is 3.94. The number of aliphatic carboxylic acids is 1. The van der Waals surface area contributed by atoms with Gasteiger partial charge in [0.15, 0.2) is 0 Å². The highest BCUT2D eigenvalue weighted by Gasteiger charge is 2.28. The Morgan fingerprint density at radius 1 is 1.29 bits per heavy atom. The average Bonchev–Trinajstić information content (AvgIpc) is 2.57. The second-order valence-corrected chi connectivity index (χ2v) is 4.78. The molecule has 0 bridgehead atoms. The van der Waals surface area contributed by atoms with Crippen LogP contribution in [0.2, 0.25) is 0 Å². The van der Waals surface area contributed by atoms with E-state index in [0.29, 0.717) is 12.6 Å². The van der Waals surface area contributed by atoms with Crippen LogP contribution < -0.4 is 0 Å². The second-order valence-electron chi connectivity index (χ2n) is 4.78. The topological polar surface area (TPSA) is 59.0 Å². The number of ether oxygens (including phenoxy) is 2. The van der Waals surface area contributed by atoms with Crippen molar-refractivity contribution in [3.05, 3.63) is 0 Å². The second kappa shape index (κ2) is 6.33. The molecular weight excluding hydrogens is 222 g/mol. The minimum absolute atomic E-state index is 0.111. The van der Waals surface area contributed by atoms with Crippen molar-refractivity contribution in [1.82, 2.24) is 4.90 Å². The standard InChI is InChI=1S/C12H21NO4/c14-12(15)8-11-9-13(4-7-17-11)10-2-1-5-16-6-3-10/h10-11H,1-9H2,(H,14,15). The molecule has 0 saturated carbocycles. The average molecular weight is 243 g/mol. The molecule has 0 amide bonds. The highest BCUT2D eigenvalue weighted by atomic mass is 16.5. The molecule has 2 rings (SSSR count). The quantitative estimate of drug-likeness (QED) is 0.792. The summed E-state index contributed by atoms with van der Waals surface area (Å²) < 4.78 is 10.9. The molecule has 0 aliphatic carbocycles. The summed E-state index contributed by atoms with van der Waals surface area (Å²) in [5, 5.41) is 8.79. The zero-order valence-electron chi connectivity index (χ0n) is 10.1. The summed E-state index contributed by atoms with van der Waals surface area (Å²) in [5.41, 5.74) is 0. The molecule has 2 heterocycles. The van der Waals surface area contributed by atoms with Gasteiger partial charge >= 0.3 is 5.97 Å². The Bertz CT molecular complexity index is 251. The summed E-state index contributed by atoms with van der Waals surface area (Å²) in [5.74, 6) is -0.777. The Labute approximate surface area is 102 Å². The number of rotatable bonds is 3. The molecule has 17 heavy (non-hydrogen) atoms. The molecule has 2 aliphatic rings. The van der Waals surface area contributed by atoms with Crippen molar-refractivity contribution in [2.75, 3.05) is 32.9 Å². The summed E-state index contributed by atoms with van der Waals surface area (Å²) >= 11 is 0. The molecule has 0 aromatic rings. The molecule has 2 saturated heterocycles. The first kappa shape index (κ1) is 12.8. The lowest BCUT2D eigenvalue weighted by Crippen LogP contribution is -2.48. The van der Waals surface area contributed by atoms with E-state index in [1.54, 1.807) is 0 Å². The lowest BCUT2D eigenvalue weighted by molar-refractivity contribution is -0.142. The van der Waals surface area contributed by atoms with Gasteiger partial charge < -0.3 is 14.6 Å². The number of nitrogens with zero attached hydrogens (tertiary/aromatic N) is 1. The Kier molecular flexibility index (Phi) is 4.76. The smallest absolute Gasteiger partial charge is 0.306 e. The first-order valence-corrected chi connectivity index (χ1v) is 6.41. The highest BCUT2D eigenvalue weighted by molar-refractivity contribution is 5.67. The molecule has 2 unspecified atom stereocenters. The maximum Gasteiger partial charge on any atom is 0.306 e. The van der Waals surface area contributed by atoms with E-state index in [4.69, 9.17) is 14.6 Å². The maximum absolute atomic E-state index is 10.7. The van der Waals surface area contributed by atoms with Gasteiger partial charge in [-0.2, -0.15) is 0 Å². The van der Waals surface area contributed by atoms with Crippen molar-refractivity contribution in [2.45, 2.75) is 37.8 Å². The number of hydrogen-bond acceptors (Lipinski definition) is 4. The molecule has 2 atom stereocenters. The first-order valence-electron chi connectivity index (χ1n) is 6.41. The molecular formula is C12H21NO4. The van der Waals surface area contributed by atoms with Crippen molar-refractivity contribution in [3.8, 4) is 0 Å². The number of carbonyl (C=O) groups is 1. The van der Waals surface area contributed by atoms with Crippen LogP contribution in [0.15, 0.2) is 0 Å². The molecule has 5 heteroatoms. The third-order valence-corrected chi connectivity index (χ3v) is 3.51. The molecule has 2 aliphatic heterocycles. The Hall–Kier alpha value is -0.650. The van der Waals surface area contributed by atoms with E-state index in [9.17, 15) is 4.79 Å². The van der Waals surface area contributed by atoms with E-state index < -0.39 is 5.97 Å². The molecule has 0 aromatic heterocycles. The zero-order valence-corrected chi connectivity index (χ0v) is 10.1. The van der Waals surface area contributed by atoms with E-state index in [2.05, 4.69) is 4.90 Å². The van der Waals surface area contributed by atoms with Gasteiger partial charge in [-0.25, -0.2) is 0 Å². The van der Waals surface area contributed by atoms with Crippen LogP contribution in [-0.4, -0.2) is 61.0 Å². The van der Waals surface area contributed by atoms with E-state index >= 15 is 0 Å². The van der Waals surface area contributed by atoms with Gasteiger partial charge in [0.05, 0.1) is 19.1 Å². The maximum atomic E-state index is 10.7. The van der Waals surface area contributed by atoms with Gasteiger partial charge in [0.25, 0.3) is 0 Å². The monoisotopic (exact) mass is 243 g/mol. The molecule has 0 spiro atoms. The summed E-state index contributed by atoms with van der Waals surface area (Å²) in [6.07, 6.45) is 3.27. The van der Waals surface area contributed by atoms with E-state index in [1.807, 2.05) is 0 Å². The minimum atomic E-state index is -0.777. The lowest BCUT2D eigenvalue weighted by Gasteiger charge is -2.37. The SMILES string of the molecule is O=C(O)CC1CN(C2CCCOCC2)CCO1. The predicted octanol–water partition coefficient (Wildman–Crippen LogP) is 0.731. The molecule has 5 nitrogen and oxygen atoms in total. The fraction of sp³-hybridized carbons (Fsp3) is 0.917. The molecule has 98 valence electrons. The van der Waals surface area contributed by atoms with Gasteiger partial charge in [-0.1, -0.05) is 0 Å². The minimum Gasteiger partial charge on any atom is -0.481 e. The van der Waals surface area contributed by atoms with Crippen LogP contribution in [0.25, 0.3) is 0 Å². The number of morpholine rings is 1. The number of hydrogen-bond donors (Lipinski definition) is 1. The fourth-order valence-corrected chi connectivity index (χ4v) is 2.64. The van der Waals surface area contributed by atoms with Gasteiger partial charge in [-0.3, -0.25) is 9.69 Å². The third-order valence-electron chi connectivity index (χ3n) is 3.51. The molecule has 1 N–H and O–H groups in total. The largest absolute Gasteiger partial charge is 0.481 e. The summed E-state index contributed by atoms with van der Waals surface area (Å²) in [7, 11) is 0. The van der Waals surface area contributed by atoms with Crippen molar-refractivity contribution in [1.29, 1.82) is 0 Å². The van der Waals surface area contributed by atoms with Crippen LogP contribution in [-0.2, 0) is 14.3 Å².